The molecule has 202 valence electrons. The highest BCUT2D eigenvalue weighted by molar-refractivity contribution is 5.89. The molecular formula is C31H55NO3. The number of unbranched alkanes of at least 4 members (excludes halogenated alkanes) is 16. The molecule has 0 aliphatic rings. The zero-order chi connectivity index (χ0) is 25.2. The predicted octanol–water partition coefficient (Wildman–Crippen LogP) is 9.33. The van der Waals surface area contributed by atoms with E-state index >= 15 is 0 Å². The molecule has 0 aliphatic heterocycles. The number of nitrogens with one attached hydrogen (secondary N) is 1. The summed E-state index contributed by atoms with van der Waals surface area (Å²) in [6.07, 6.45) is 24.3. The van der Waals surface area contributed by atoms with Gasteiger partial charge in [-0.15, -0.1) is 0 Å². The Morgan fingerprint density at radius 3 is 1.60 bits per heavy atom. The lowest BCUT2D eigenvalue weighted by molar-refractivity contribution is 0.0312. The van der Waals surface area contributed by atoms with E-state index in [4.69, 9.17) is 9.47 Å². The Balaban J connectivity index is 1.82. The molecule has 0 saturated heterocycles. The average Bonchev–Trinajstić information content (AvgIpc) is 2.88. The number of carbonyl (C=O) groups is 1. The molecule has 1 aromatic rings. The Labute approximate surface area is 216 Å². The molecule has 0 radical (unpaired) electrons. The standard InChI is InChI=1S/C31H55NO3/c1-3-5-7-8-9-10-11-12-13-14-15-16-17-18-19-20-26-34-27-28-35-31(33)29-21-23-30(24-22-29)32-25-6-4-2/h21-24,32H,3-20,25-28H2,1-2H3. The van der Waals surface area contributed by atoms with Crippen LogP contribution in [0.25, 0.3) is 0 Å². The van der Waals surface area contributed by atoms with E-state index in [9.17, 15) is 4.79 Å². The normalized spacial score (nSPS) is 11.0. The van der Waals surface area contributed by atoms with Gasteiger partial charge in [-0.05, 0) is 37.1 Å². The van der Waals surface area contributed by atoms with Gasteiger partial charge in [0.15, 0.2) is 0 Å². The lowest BCUT2D eigenvalue weighted by atomic mass is 10.0. The van der Waals surface area contributed by atoms with Crippen molar-refractivity contribution in [3.05, 3.63) is 29.8 Å². The van der Waals surface area contributed by atoms with Gasteiger partial charge in [-0.2, -0.15) is 0 Å². The second-order valence-electron chi connectivity index (χ2n) is 9.91. The van der Waals surface area contributed by atoms with Crippen LogP contribution in [0.3, 0.4) is 0 Å². The SMILES string of the molecule is CCCCCCCCCCCCCCCCCCOCCOC(=O)c1ccc(NCCCC)cc1. The molecule has 0 bridgehead atoms. The fourth-order valence-corrected chi connectivity index (χ4v) is 4.26. The number of hydrogen-bond donors (Lipinski definition) is 1. The molecule has 1 rings (SSSR count). The van der Waals surface area contributed by atoms with Crippen molar-refractivity contribution in [3.63, 3.8) is 0 Å². The monoisotopic (exact) mass is 489 g/mol. The highest BCUT2D eigenvalue weighted by Gasteiger charge is 2.06. The zero-order valence-corrected chi connectivity index (χ0v) is 23.1. The summed E-state index contributed by atoms with van der Waals surface area (Å²) in [5.74, 6) is -0.281. The number of anilines is 1. The van der Waals surface area contributed by atoms with Crippen molar-refractivity contribution >= 4 is 11.7 Å². The second kappa shape index (κ2) is 24.2. The first-order valence-corrected chi connectivity index (χ1v) is 14.9. The quantitative estimate of drug-likeness (QED) is 0.110. The topological polar surface area (TPSA) is 47.6 Å². The first-order chi connectivity index (χ1) is 17.3. The Morgan fingerprint density at radius 2 is 1.09 bits per heavy atom. The molecular weight excluding hydrogens is 434 g/mol. The number of rotatable bonds is 25. The van der Waals surface area contributed by atoms with E-state index in [1.165, 1.54) is 103 Å². The summed E-state index contributed by atoms with van der Waals surface area (Å²) < 4.78 is 10.9. The van der Waals surface area contributed by atoms with E-state index < -0.39 is 0 Å². The molecule has 0 aromatic heterocycles. The first kappa shape index (κ1) is 31.5. The van der Waals surface area contributed by atoms with Gasteiger partial charge in [-0.3, -0.25) is 0 Å². The number of ether oxygens (including phenoxy) is 2. The van der Waals surface area contributed by atoms with Crippen molar-refractivity contribution in [2.75, 3.05) is 31.7 Å². The molecule has 0 spiro atoms. The fourth-order valence-electron chi connectivity index (χ4n) is 4.26. The summed E-state index contributed by atoms with van der Waals surface area (Å²) in [5, 5.41) is 3.35. The largest absolute Gasteiger partial charge is 0.460 e. The summed E-state index contributed by atoms with van der Waals surface area (Å²) in [6, 6.07) is 7.49. The highest BCUT2D eigenvalue weighted by Crippen LogP contribution is 2.14. The van der Waals surface area contributed by atoms with E-state index in [0.29, 0.717) is 18.8 Å². The molecule has 0 atom stereocenters. The van der Waals surface area contributed by atoms with Gasteiger partial charge >= 0.3 is 5.97 Å². The maximum atomic E-state index is 12.1. The van der Waals surface area contributed by atoms with Crippen molar-refractivity contribution in [1.82, 2.24) is 0 Å². The van der Waals surface area contributed by atoms with Gasteiger partial charge in [0.05, 0.1) is 12.2 Å². The molecule has 35 heavy (non-hydrogen) atoms. The van der Waals surface area contributed by atoms with Crippen molar-refractivity contribution in [3.8, 4) is 0 Å². The van der Waals surface area contributed by atoms with Gasteiger partial charge in [-0.1, -0.05) is 117 Å². The minimum absolute atomic E-state index is 0.281. The van der Waals surface area contributed by atoms with Crippen molar-refractivity contribution in [2.45, 2.75) is 129 Å². The third-order valence-electron chi connectivity index (χ3n) is 6.58. The second-order valence-corrected chi connectivity index (χ2v) is 9.91. The number of esters is 1. The zero-order valence-electron chi connectivity index (χ0n) is 23.1. The Morgan fingerprint density at radius 1 is 0.600 bits per heavy atom. The van der Waals surface area contributed by atoms with Gasteiger partial charge < -0.3 is 14.8 Å². The van der Waals surface area contributed by atoms with E-state index in [1.54, 1.807) is 0 Å². The van der Waals surface area contributed by atoms with Crippen LogP contribution < -0.4 is 5.32 Å². The van der Waals surface area contributed by atoms with Gasteiger partial charge in [0.1, 0.15) is 6.61 Å². The lowest BCUT2D eigenvalue weighted by Gasteiger charge is -2.08. The summed E-state index contributed by atoms with van der Waals surface area (Å²) in [4.78, 5) is 12.1. The minimum atomic E-state index is -0.281. The van der Waals surface area contributed by atoms with Crippen LogP contribution in [0.2, 0.25) is 0 Å². The maximum Gasteiger partial charge on any atom is 0.338 e. The van der Waals surface area contributed by atoms with Gasteiger partial charge in [-0.25, -0.2) is 4.79 Å². The van der Waals surface area contributed by atoms with E-state index in [-0.39, 0.29) is 5.97 Å². The summed E-state index contributed by atoms with van der Waals surface area (Å²) >= 11 is 0. The maximum absolute atomic E-state index is 12.1. The molecule has 0 aliphatic carbocycles. The molecule has 0 unspecified atom stereocenters. The Bertz CT molecular complexity index is 587. The number of carbonyl (C=O) groups excluding carboxylic acids is 1. The van der Waals surface area contributed by atoms with Crippen molar-refractivity contribution in [1.29, 1.82) is 0 Å². The van der Waals surface area contributed by atoms with Crippen LogP contribution in [-0.2, 0) is 9.47 Å². The predicted molar refractivity (Wildman–Crippen MR) is 150 cm³/mol. The van der Waals surface area contributed by atoms with Crippen LogP contribution >= 0.6 is 0 Å². The highest BCUT2D eigenvalue weighted by atomic mass is 16.6. The van der Waals surface area contributed by atoms with Gasteiger partial charge in [0.25, 0.3) is 0 Å². The van der Waals surface area contributed by atoms with E-state index in [1.807, 2.05) is 24.3 Å². The van der Waals surface area contributed by atoms with E-state index in [0.717, 1.165) is 31.7 Å². The van der Waals surface area contributed by atoms with Crippen LogP contribution in [0.5, 0.6) is 0 Å². The van der Waals surface area contributed by atoms with Gasteiger partial charge in [0.2, 0.25) is 0 Å². The molecule has 0 saturated carbocycles. The molecule has 4 nitrogen and oxygen atoms in total. The van der Waals surface area contributed by atoms with Crippen molar-refractivity contribution < 1.29 is 14.3 Å². The molecule has 0 fully saturated rings. The number of hydrogen-bond acceptors (Lipinski definition) is 4. The smallest absolute Gasteiger partial charge is 0.338 e. The molecule has 4 heteroatoms. The van der Waals surface area contributed by atoms with Crippen molar-refractivity contribution in [2.24, 2.45) is 0 Å². The van der Waals surface area contributed by atoms with Crippen LogP contribution in [-0.4, -0.2) is 32.3 Å². The summed E-state index contributed by atoms with van der Waals surface area (Å²) in [6.45, 7) is 6.96. The first-order valence-electron chi connectivity index (χ1n) is 14.9. The Kier molecular flexibility index (Phi) is 21.7. The minimum Gasteiger partial charge on any atom is -0.460 e. The summed E-state index contributed by atoms with van der Waals surface area (Å²) in [7, 11) is 0. The Hall–Kier alpha value is -1.55. The molecule has 0 heterocycles. The third kappa shape index (κ3) is 19.3. The summed E-state index contributed by atoms with van der Waals surface area (Å²) in [5.41, 5.74) is 1.63. The van der Waals surface area contributed by atoms with Gasteiger partial charge in [0, 0.05) is 18.8 Å². The van der Waals surface area contributed by atoms with Crippen LogP contribution in [0.15, 0.2) is 24.3 Å². The van der Waals surface area contributed by atoms with E-state index in [2.05, 4.69) is 19.2 Å². The third-order valence-corrected chi connectivity index (χ3v) is 6.58. The van der Waals surface area contributed by atoms with Crippen LogP contribution in [0.1, 0.15) is 140 Å². The average molecular weight is 490 g/mol. The van der Waals surface area contributed by atoms with Crippen LogP contribution in [0, 0.1) is 0 Å². The fraction of sp³-hybridized carbons (Fsp3) is 0.774. The lowest BCUT2D eigenvalue weighted by Crippen LogP contribution is -2.11. The molecule has 0 amide bonds. The molecule has 1 N–H and O–H groups in total. The van der Waals surface area contributed by atoms with Crippen LogP contribution in [0.4, 0.5) is 5.69 Å². The number of benzene rings is 1. The molecule has 1 aromatic carbocycles.